The number of hydrogen-bond donors (Lipinski definition) is 3. The van der Waals surface area contributed by atoms with Crippen molar-refractivity contribution in [1.29, 1.82) is 0 Å². The molecule has 45 heavy (non-hydrogen) atoms. The van der Waals surface area contributed by atoms with Gasteiger partial charge in [0.05, 0.1) is 12.1 Å². The van der Waals surface area contributed by atoms with Gasteiger partial charge in [0.1, 0.15) is 5.54 Å². The summed E-state index contributed by atoms with van der Waals surface area (Å²) in [6.07, 6.45) is 6.76. The molecule has 0 aliphatic carbocycles. The van der Waals surface area contributed by atoms with Crippen molar-refractivity contribution in [3.63, 3.8) is 0 Å². The van der Waals surface area contributed by atoms with Gasteiger partial charge in [-0.05, 0) is 47.9 Å². The SMILES string of the molecule is CCCCCCCC(=O)N[C@H](CC(=O)NC(c1ccccc1)(c1ccccc1)c1ccccc1)[C@H](O)CCCc1ccccc1. The number of amides is 2. The molecule has 2 amide bonds. The molecule has 0 fully saturated rings. The maximum atomic E-state index is 14.1. The number of hydrogen-bond acceptors (Lipinski definition) is 3. The first-order valence-electron chi connectivity index (χ1n) is 16.5. The van der Waals surface area contributed by atoms with Crippen LogP contribution in [0.25, 0.3) is 0 Å². The Balaban J connectivity index is 1.57. The average Bonchev–Trinajstić information content (AvgIpc) is 3.08. The van der Waals surface area contributed by atoms with E-state index in [-0.39, 0.29) is 18.2 Å². The van der Waals surface area contributed by atoms with E-state index >= 15 is 0 Å². The van der Waals surface area contributed by atoms with Crippen LogP contribution in [-0.2, 0) is 21.5 Å². The van der Waals surface area contributed by atoms with Crippen molar-refractivity contribution >= 4 is 11.8 Å². The zero-order valence-electron chi connectivity index (χ0n) is 26.5. The van der Waals surface area contributed by atoms with Crippen LogP contribution in [0.2, 0.25) is 0 Å². The van der Waals surface area contributed by atoms with Gasteiger partial charge in [-0.2, -0.15) is 0 Å². The monoisotopic (exact) mass is 604 g/mol. The number of aryl methyl sites for hydroxylation is 1. The lowest BCUT2D eigenvalue weighted by Gasteiger charge is -2.37. The topological polar surface area (TPSA) is 78.4 Å². The van der Waals surface area contributed by atoms with Crippen molar-refractivity contribution in [2.24, 2.45) is 0 Å². The van der Waals surface area contributed by atoms with Crippen LogP contribution >= 0.6 is 0 Å². The largest absolute Gasteiger partial charge is 0.391 e. The zero-order chi connectivity index (χ0) is 31.7. The Hall–Kier alpha value is -4.22. The fourth-order valence-electron chi connectivity index (χ4n) is 6.05. The summed E-state index contributed by atoms with van der Waals surface area (Å²) in [5.41, 5.74) is 3.01. The van der Waals surface area contributed by atoms with E-state index in [0.717, 1.165) is 61.6 Å². The quantitative estimate of drug-likeness (QED) is 0.0804. The van der Waals surface area contributed by atoms with Crippen LogP contribution in [0.4, 0.5) is 0 Å². The second kappa shape index (κ2) is 17.9. The highest BCUT2D eigenvalue weighted by Crippen LogP contribution is 2.37. The van der Waals surface area contributed by atoms with Crippen molar-refractivity contribution in [3.05, 3.63) is 144 Å². The van der Waals surface area contributed by atoms with E-state index in [1.54, 1.807) is 0 Å². The first kappa shape index (κ1) is 33.7. The van der Waals surface area contributed by atoms with Gasteiger partial charge in [0.25, 0.3) is 0 Å². The van der Waals surface area contributed by atoms with Crippen LogP contribution in [0.1, 0.15) is 87.0 Å². The van der Waals surface area contributed by atoms with Crippen molar-refractivity contribution in [3.8, 4) is 0 Å². The predicted molar refractivity (Wildman–Crippen MR) is 183 cm³/mol. The molecule has 4 rings (SSSR count). The maximum Gasteiger partial charge on any atom is 0.223 e. The van der Waals surface area contributed by atoms with E-state index < -0.39 is 17.7 Å². The summed E-state index contributed by atoms with van der Waals surface area (Å²) < 4.78 is 0. The first-order chi connectivity index (χ1) is 22.0. The molecule has 0 unspecified atom stereocenters. The number of carbonyl (C=O) groups excluding carboxylic acids is 2. The smallest absolute Gasteiger partial charge is 0.223 e. The third-order valence-electron chi connectivity index (χ3n) is 8.48. The van der Waals surface area contributed by atoms with Crippen molar-refractivity contribution in [1.82, 2.24) is 10.6 Å². The summed E-state index contributed by atoms with van der Waals surface area (Å²) in [6.45, 7) is 2.17. The van der Waals surface area contributed by atoms with Crippen LogP contribution in [0.3, 0.4) is 0 Å². The number of nitrogens with one attached hydrogen (secondary N) is 2. The summed E-state index contributed by atoms with van der Waals surface area (Å²) in [6, 6.07) is 39.3. The van der Waals surface area contributed by atoms with Gasteiger partial charge in [-0.3, -0.25) is 9.59 Å². The van der Waals surface area contributed by atoms with Gasteiger partial charge in [-0.15, -0.1) is 0 Å². The second-order valence-electron chi connectivity index (χ2n) is 11.9. The summed E-state index contributed by atoms with van der Waals surface area (Å²) >= 11 is 0. The standard InChI is InChI=1S/C40H48N2O3/c1-2-3-4-5-18-30-38(44)41-36(37(43)29-19-22-32-20-10-6-11-21-32)31-39(45)42-40(33-23-12-7-13-24-33,34-25-14-8-15-26-34)35-27-16-9-17-28-35/h6-17,20-21,23-28,36-37,43H,2-5,18-19,22,29-31H2,1H3,(H,41,44)(H,42,45)/t36-,37-/m1/s1. The molecule has 0 saturated heterocycles. The van der Waals surface area contributed by atoms with Gasteiger partial charge in [0, 0.05) is 12.8 Å². The van der Waals surface area contributed by atoms with Gasteiger partial charge >= 0.3 is 0 Å². The molecule has 0 heterocycles. The molecule has 0 bridgehead atoms. The summed E-state index contributed by atoms with van der Waals surface area (Å²) in [4.78, 5) is 27.2. The van der Waals surface area contributed by atoms with Gasteiger partial charge in [0.15, 0.2) is 0 Å². The van der Waals surface area contributed by atoms with Crippen LogP contribution in [0, 0.1) is 0 Å². The Morgan fingerprint density at radius 2 is 1.13 bits per heavy atom. The summed E-state index contributed by atoms with van der Waals surface area (Å²) in [7, 11) is 0. The Morgan fingerprint density at radius 1 is 0.644 bits per heavy atom. The number of benzene rings is 4. The summed E-state index contributed by atoms with van der Waals surface area (Å²) in [5, 5.41) is 17.8. The van der Waals surface area contributed by atoms with E-state index in [1.807, 2.05) is 109 Å². The van der Waals surface area contributed by atoms with Crippen LogP contribution < -0.4 is 10.6 Å². The molecule has 0 saturated carbocycles. The molecule has 0 spiro atoms. The fourth-order valence-corrected chi connectivity index (χ4v) is 6.05. The van der Waals surface area contributed by atoms with Gasteiger partial charge < -0.3 is 15.7 Å². The first-order valence-corrected chi connectivity index (χ1v) is 16.5. The van der Waals surface area contributed by atoms with Crippen LogP contribution in [0.5, 0.6) is 0 Å². The van der Waals surface area contributed by atoms with E-state index in [2.05, 4.69) is 29.7 Å². The minimum atomic E-state index is -0.965. The molecular formula is C40H48N2O3. The van der Waals surface area contributed by atoms with E-state index in [9.17, 15) is 14.7 Å². The maximum absolute atomic E-state index is 14.1. The van der Waals surface area contributed by atoms with E-state index in [4.69, 9.17) is 0 Å². The molecule has 4 aromatic rings. The molecule has 0 aromatic heterocycles. The third kappa shape index (κ3) is 9.89. The Morgan fingerprint density at radius 3 is 1.64 bits per heavy atom. The molecule has 5 heteroatoms. The van der Waals surface area contributed by atoms with Crippen LogP contribution in [0.15, 0.2) is 121 Å². The highest BCUT2D eigenvalue weighted by Gasteiger charge is 2.38. The highest BCUT2D eigenvalue weighted by molar-refractivity contribution is 5.81. The Kier molecular flexibility index (Phi) is 13.4. The minimum Gasteiger partial charge on any atom is -0.391 e. The second-order valence-corrected chi connectivity index (χ2v) is 11.9. The number of rotatable bonds is 18. The third-order valence-corrected chi connectivity index (χ3v) is 8.48. The number of aliphatic hydroxyl groups excluding tert-OH is 1. The lowest BCUT2D eigenvalue weighted by molar-refractivity contribution is -0.125. The van der Waals surface area contributed by atoms with Crippen molar-refractivity contribution < 1.29 is 14.7 Å². The lowest BCUT2D eigenvalue weighted by atomic mass is 9.76. The van der Waals surface area contributed by atoms with E-state index in [1.165, 1.54) is 5.56 Å². The molecule has 4 aromatic carbocycles. The molecule has 2 atom stereocenters. The van der Waals surface area contributed by atoms with Crippen molar-refractivity contribution in [2.45, 2.75) is 88.8 Å². The Bertz CT molecular complexity index is 1310. The molecular weight excluding hydrogens is 556 g/mol. The van der Waals surface area contributed by atoms with Gasteiger partial charge in [-0.25, -0.2) is 0 Å². The normalized spacial score (nSPS) is 12.7. The molecule has 236 valence electrons. The molecule has 0 radical (unpaired) electrons. The minimum absolute atomic E-state index is 0.0394. The van der Waals surface area contributed by atoms with Gasteiger partial charge in [0.2, 0.25) is 11.8 Å². The average molecular weight is 605 g/mol. The molecule has 5 nitrogen and oxygen atoms in total. The fraction of sp³-hybridized carbons (Fsp3) is 0.350. The molecule has 0 aliphatic rings. The van der Waals surface area contributed by atoms with Crippen molar-refractivity contribution in [2.75, 3.05) is 0 Å². The Labute approximate surface area is 269 Å². The lowest BCUT2D eigenvalue weighted by Crippen LogP contribution is -2.51. The predicted octanol–water partition coefficient (Wildman–Crippen LogP) is 7.71. The molecule has 3 N–H and O–H groups in total. The van der Waals surface area contributed by atoms with Gasteiger partial charge in [-0.1, -0.05) is 154 Å². The van der Waals surface area contributed by atoms with Crippen LogP contribution in [-0.4, -0.2) is 29.1 Å². The number of unbranched alkanes of at least 4 members (excludes halogenated alkanes) is 4. The number of carbonyl (C=O) groups is 2. The zero-order valence-corrected chi connectivity index (χ0v) is 26.5. The highest BCUT2D eigenvalue weighted by atomic mass is 16.3. The summed E-state index contributed by atoms with van der Waals surface area (Å²) in [5.74, 6) is -0.367. The molecule has 0 aliphatic heterocycles. The van der Waals surface area contributed by atoms with E-state index in [0.29, 0.717) is 12.8 Å². The number of aliphatic hydroxyl groups is 1.